The first-order valence-corrected chi connectivity index (χ1v) is 6.81. The number of halogens is 1. The first-order valence-electron chi connectivity index (χ1n) is 5.98. The molecule has 96 valence electrons. The van der Waals surface area contributed by atoms with Gasteiger partial charge < -0.3 is 5.32 Å². The summed E-state index contributed by atoms with van der Waals surface area (Å²) >= 11 is 1.31. The molecular weight excluding hydrogens is 249 g/mol. The van der Waals surface area contributed by atoms with E-state index in [1.807, 2.05) is 18.4 Å². The first kappa shape index (κ1) is 13.1. The number of hydrogen-bond donors (Lipinski definition) is 1. The second-order valence-electron chi connectivity index (χ2n) is 4.28. The van der Waals surface area contributed by atoms with E-state index >= 15 is 0 Å². The summed E-state index contributed by atoms with van der Waals surface area (Å²) in [7, 11) is 0. The van der Waals surface area contributed by atoms with Crippen molar-refractivity contribution in [2.75, 3.05) is 6.54 Å². The molecule has 0 spiro atoms. The van der Waals surface area contributed by atoms with Gasteiger partial charge in [0.05, 0.1) is 11.7 Å². The van der Waals surface area contributed by atoms with Crippen LogP contribution in [0.1, 0.15) is 36.2 Å². The van der Waals surface area contributed by atoms with Crippen molar-refractivity contribution < 1.29 is 4.39 Å². The molecule has 18 heavy (non-hydrogen) atoms. The molecule has 1 atom stereocenters. The third-order valence-corrected chi connectivity index (χ3v) is 3.19. The van der Waals surface area contributed by atoms with E-state index < -0.39 is 0 Å². The standard InChI is InChI=1S/C13H16FN3S/c1-3-4-15-13(12-8-18-17-16-12)10-5-9(2)6-11(14)7-10/h5-8,13,15H,3-4H2,1-2H3. The van der Waals surface area contributed by atoms with Gasteiger partial charge in [0.15, 0.2) is 0 Å². The van der Waals surface area contributed by atoms with E-state index in [1.165, 1.54) is 17.6 Å². The van der Waals surface area contributed by atoms with Crippen LogP contribution in [0.5, 0.6) is 0 Å². The van der Waals surface area contributed by atoms with Gasteiger partial charge in [0, 0.05) is 5.38 Å². The monoisotopic (exact) mass is 265 g/mol. The number of hydrogen-bond acceptors (Lipinski definition) is 4. The topological polar surface area (TPSA) is 37.8 Å². The third kappa shape index (κ3) is 3.11. The minimum Gasteiger partial charge on any atom is -0.305 e. The summed E-state index contributed by atoms with van der Waals surface area (Å²) in [5.74, 6) is -0.212. The zero-order chi connectivity index (χ0) is 13.0. The van der Waals surface area contributed by atoms with Crippen LogP contribution in [0.3, 0.4) is 0 Å². The molecule has 1 aromatic carbocycles. The van der Waals surface area contributed by atoms with Crippen LogP contribution in [0, 0.1) is 12.7 Å². The van der Waals surface area contributed by atoms with Gasteiger partial charge in [-0.2, -0.15) is 0 Å². The average molecular weight is 265 g/mol. The fraction of sp³-hybridized carbons (Fsp3) is 0.385. The molecule has 1 aromatic heterocycles. The SMILES string of the molecule is CCCNC(c1cc(C)cc(F)c1)c1csnn1. The molecular formula is C13H16FN3S. The van der Waals surface area contributed by atoms with Gasteiger partial charge in [-0.3, -0.25) is 0 Å². The molecule has 0 saturated heterocycles. The molecule has 3 nitrogen and oxygen atoms in total. The molecule has 0 aliphatic heterocycles. The van der Waals surface area contributed by atoms with Crippen molar-refractivity contribution in [1.29, 1.82) is 0 Å². The Morgan fingerprint density at radius 3 is 2.83 bits per heavy atom. The largest absolute Gasteiger partial charge is 0.305 e. The lowest BCUT2D eigenvalue weighted by Crippen LogP contribution is -2.23. The van der Waals surface area contributed by atoms with Gasteiger partial charge in [0.25, 0.3) is 0 Å². The summed E-state index contributed by atoms with van der Waals surface area (Å²) < 4.78 is 17.4. The molecule has 0 radical (unpaired) electrons. The molecule has 1 heterocycles. The molecule has 1 N–H and O–H groups in total. The van der Waals surface area contributed by atoms with Crippen LogP contribution >= 0.6 is 11.5 Å². The summed E-state index contributed by atoms with van der Waals surface area (Å²) in [6.45, 7) is 4.85. The van der Waals surface area contributed by atoms with Gasteiger partial charge in [0.1, 0.15) is 5.82 Å². The number of benzene rings is 1. The van der Waals surface area contributed by atoms with Crippen molar-refractivity contribution in [2.45, 2.75) is 26.3 Å². The Kier molecular flexibility index (Phi) is 4.38. The highest BCUT2D eigenvalue weighted by Gasteiger charge is 2.17. The Morgan fingerprint density at radius 1 is 1.39 bits per heavy atom. The lowest BCUT2D eigenvalue weighted by Gasteiger charge is -2.17. The average Bonchev–Trinajstić information content (AvgIpc) is 2.82. The highest BCUT2D eigenvalue weighted by atomic mass is 32.1. The summed E-state index contributed by atoms with van der Waals surface area (Å²) in [4.78, 5) is 0. The van der Waals surface area contributed by atoms with E-state index in [-0.39, 0.29) is 11.9 Å². The second kappa shape index (κ2) is 6.02. The van der Waals surface area contributed by atoms with Crippen LogP contribution in [0.4, 0.5) is 4.39 Å². The highest BCUT2D eigenvalue weighted by molar-refractivity contribution is 7.03. The Labute approximate surface area is 110 Å². The van der Waals surface area contributed by atoms with Crippen molar-refractivity contribution in [3.8, 4) is 0 Å². The number of rotatable bonds is 5. The Balaban J connectivity index is 2.33. The van der Waals surface area contributed by atoms with Gasteiger partial charge in [-0.25, -0.2) is 4.39 Å². The summed E-state index contributed by atoms with van der Waals surface area (Å²) in [5.41, 5.74) is 2.66. The van der Waals surface area contributed by atoms with Crippen LogP contribution in [0.25, 0.3) is 0 Å². The minimum atomic E-state index is -0.212. The molecule has 1 unspecified atom stereocenters. The van der Waals surface area contributed by atoms with E-state index in [0.29, 0.717) is 0 Å². The fourth-order valence-corrected chi connectivity index (χ4v) is 2.39. The second-order valence-corrected chi connectivity index (χ2v) is 4.89. The van der Waals surface area contributed by atoms with Crippen LogP contribution in [0.2, 0.25) is 0 Å². The van der Waals surface area contributed by atoms with Crippen molar-refractivity contribution >= 4 is 11.5 Å². The third-order valence-electron chi connectivity index (χ3n) is 2.67. The van der Waals surface area contributed by atoms with E-state index in [0.717, 1.165) is 29.8 Å². The number of nitrogens with zero attached hydrogens (tertiary/aromatic N) is 2. The molecule has 0 aliphatic carbocycles. The quantitative estimate of drug-likeness (QED) is 0.902. The minimum absolute atomic E-state index is 0.0851. The Hall–Kier alpha value is -1.33. The lowest BCUT2D eigenvalue weighted by atomic mass is 10.0. The van der Waals surface area contributed by atoms with Crippen LogP contribution in [0.15, 0.2) is 23.6 Å². The molecule has 5 heteroatoms. The van der Waals surface area contributed by atoms with Crippen molar-refractivity contribution in [3.63, 3.8) is 0 Å². The Morgan fingerprint density at radius 2 is 2.22 bits per heavy atom. The van der Waals surface area contributed by atoms with Crippen molar-refractivity contribution in [1.82, 2.24) is 14.9 Å². The highest BCUT2D eigenvalue weighted by Crippen LogP contribution is 2.23. The zero-order valence-electron chi connectivity index (χ0n) is 10.5. The van der Waals surface area contributed by atoms with Gasteiger partial charge in [-0.05, 0) is 54.7 Å². The first-order chi connectivity index (χ1) is 8.70. The van der Waals surface area contributed by atoms with Crippen LogP contribution in [-0.2, 0) is 0 Å². The predicted octanol–water partition coefficient (Wildman–Crippen LogP) is 3.07. The maximum Gasteiger partial charge on any atom is 0.123 e. The van der Waals surface area contributed by atoms with Crippen molar-refractivity contribution in [2.24, 2.45) is 0 Å². The predicted molar refractivity (Wildman–Crippen MR) is 71.2 cm³/mol. The number of aryl methyl sites for hydroxylation is 1. The van der Waals surface area contributed by atoms with Crippen molar-refractivity contribution in [3.05, 3.63) is 46.2 Å². The Bertz CT molecular complexity index is 479. The van der Waals surface area contributed by atoms with Crippen LogP contribution < -0.4 is 5.32 Å². The maximum absolute atomic E-state index is 13.5. The zero-order valence-corrected chi connectivity index (χ0v) is 11.3. The summed E-state index contributed by atoms with van der Waals surface area (Å²) in [6.07, 6.45) is 1.02. The molecule has 0 amide bonds. The van der Waals surface area contributed by atoms with Gasteiger partial charge in [-0.15, -0.1) is 5.10 Å². The van der Waals surface area contributed by atoms with Crippen LogP contribution in [-0.4, -0.2) is 16.1 Å². The summed E-state index contributed by atoms with van der Waals surface area (Å²) in [6, 6.07) is 4.98. The van der Waals surface area contributed by atoms with Gasteiger partial charge >= 0.3 is 0 Å². The molecule has 2 rings (SSSR count). The number of nitrogens with one attached hydrogen (secondary N) is 1. The molecule has 0 bridgehead atoms. The molecule has 0 saturated carbocycles. The molecule has 2 aromatic rings. The molecule has 0 aliphatic rings. The van der Waals surface area contributed by atoms with Gasteiger partial charge in [0.2, 0.25) is 0 Å². The van der Waals surface area contributed by atoms with E-state index in [9.17, 15) is 4.39 Å². The summed E-state index contributed by atoms with van der Waals surface area (Å²) in [5, 5.41) is 9.37. The van der Waals surface area contributed by atoms with E-state index in [2.05, 4.69) is 21.8 Å². The van der Waals surface area contributed by atoms with E-state index in [1.54, 1.807) is 6.07 Å². The molecule has 0 fully saturated rings. The smallest absolute Gasteiger partial charge is 0.123 e. The lowest BCUT2D eigenvalue weighted by molar-refractivity contribution is 0.574. The maximum atomic E-state index is 13.5. The van der Waals surface area contributed by atoms with Gasteiger partial charge in [-0.1, -0.05) is 17.5 Å². The number of aromatic nitrogens is 2. The van der Waals surface area contributed by atoms with E-state index in [4.69, 9.17) is 0 Å². The normalized spacial score (nSPS) is 12.6. The fourth-order valence-electron chi connectivity index (χ4n) is 1.91.